The zero-order valence-corrected chi connectivity index (χ0v) is 37.6. The average Bonchev–Trinajstić information content (AvgIpc) is 3.17. The van der Waals surface area contributed by atoms with Crippen molar-refractivity contribution in [1.82, 2.24) is 0 Å². The lowest BCUT2D eigenvalue weighted by atomic mass is 9.33. The largest absolute Gasteiger partial charge is 0.481 e. The van der Waals surface area contributed by atoms with Crippen molar-refractivity contribution >= 4 is 23.7 Å². The molecule has 62 heavy (non-hydrogen) atoms. The number of rotatable bonds is 9. The van der Waals surface area contributed by atoms with Crippen molar-refractivity contribution in [2.75, 3.05) is 13.2 Å². The van der Waals surface area contributed by atoms with Crippen LogP contribution in [-0.2, 0) is 38.1 Å². The number of aliphatic hydroxyl groups excluding tert-OH is 5. The molecule has 0 aromatic heterocycles. The fourth-order valence-electron chi connectivity index (χ4n) is 14.3. The third kappa shape index (κ3) is 6.77. The zero-order valence-electron chi connectivity index (χ0n) is 37.6. The van der Waals surface area contributed by atoms with Crippen molar-refractivity contribution < 1.29 is 79.0 Å². The SMILES string of the molecule is CC1(COCC2(C)C(O[C@H]3CC[C@]4(C)[C@H]5C(=O)C=C6[C@@H]7C[C@@](C)(C(=O)O)CC[C@]7(C)CC[C@@]6(C)[C@]5(C)CC[C@H]4C3(C)C)OC(C(=O)O)C(O)C2O)OC(C(=O)O)C(O)C(O)C1O. The first kappa shape index (κ1) is 47.4. The predicted octanol–water partition coefficient (Wildman–Crippen LogP) is 3.32. The van der Waals surface area contributed by atoms with E-state index in [0.29, 0.717) is 25.7 Å². The van der Waals surface area contributed by atoms with Crippen LogP contribution in [0.3, 0.4) is 0 Å². The van der Waals surface area contributed by atoms with Crippen LogP contribution in [0, 0.1) is 55.7 Å². The topological polar surface area (TPSA) is 267 Å². The van der Waals surface area contributed by atoms with Crippen LogP contribution in [0.15, 0.2) is 11.6 Å². The number of aliphatic carboxylic acids is 3. The highest BCUT2D eigenvalue weighted by atomic mass is 16.7. The van der Waals surface area contributed by atoms with E-state index in [2.05, 4.69) is 41.5 Å². The van der Waals surface area contributed by atoms with E-state index in [1.54, 1.807) is 0 Å². The number of carboxylic acids is 3. The maximum Gasteiger partial charge on any atom is 0.335 e. The van der Waals surface area contributed by atoms with E-state index in [1.807, 2.05) is 13.0 Å². The Morgan fingerprint density at radius 2 is 1.37 bits per heavy atom. The highest BCUT2D eigenvalue weighted by molar-refractivity contribution is 5.95. The summed E-state index contributed by atoms with van der Waals surface area (Å²) in [6, 6.07) is 0. The van der Waals surface area contributed by atoms with Crippen LogP contribution in [0.4, 0.5) is 0 Å². The molecule has 0 bridgehead atoms. The van der Waals surface area contributed by atoms with E-state index < -0.39 is 119 Å². The number of carbonyl (C=O) groups excluding carboxylic acids is 1. The van der Waals surface area contributed by atoms with E-state index in [1.165, 1.54) is 13.8 Å². The summed E-state index contributed by atoms with van der Waals surface area (Å²) in [5.41, 5.74) is -5.12. The number of hydrogen-bond donors (Lipinski definition) is 8. The second-order valence-corrected chi connectivity index (χ2v) is 22.8. The number of allylic oxidation sites excluding steroid dienone is 2. The number of fused-ring (bicyclic) bond motifs is 7. The van der Waals surface area contributed by atoms with Gasteiger partial charge in [-0.2, -0.15) is 0 Å². The Labute approximate surface area is 363 Å². The number of ketones is 1. The van der Waals surface area contributed by atoms with Crippen LogP contribution < -0.4 is 0 Å². The minimum Gasteiger partial charge on any atom is -0.481 e. The van der Waals surface area contributed by atoms with Gasteiger partial charge in [-0.1, -0.05) is 47.1 Å². The molecule has 7 rings (SSSR count). The lowest BCUT2D eigenvalue weighted by molar-refractivity contribution is -0.346. The summed E-state index contributed by atoms with van der Waals surface area (Å²) < 4.78 is 24.3. The summed E-state index contributed by atoms with van der Waals surface area (Å²) >= 11 is 0. The van der Waals surface area contributed by atoms with E-state index in [9.17, 15) is 60.0 Å². The number of hydrogen-bond acceptors (Lipinski definition) is 13. The van der Waals surface area contributed by atoms with Crippen LogP contribution in [0.1, 0.15) is 120 Å². The Bertz CT molecular complexity index is 1870. The number of carbonyl (C=O) groups is 4. The monoisotopic (exact) mass is 878 g/mol. The smallest absolute Gasteiger partial charge is 0.335 e. The van der Waals surface area contributed by atoms with Crippen LogP contribution in [-0.4, -0.2) is 138 Å². The molecular formula is C46H70O16. The van der Waals surface area contributed by atoms with E-state index in [4.69, 9.17) is 18.9 Å². The van der Waals surface area contributed by atoms with Crippen molar-refractivity contribution in [3.63, 3.8) is 0 Å². The Kier molecular flexibility index (Phi) is 11.7. The predicted molar refractivity (Wildman–Crippen MR) is 218 cm³/mol. The molecule has 6 fully saturated rings. The Morgan fingerprint density at radius 3 is 1.98 bits per heavy atom. The molecule has 0 spiro atoms. The van der Waals surface area contributed by atoms with E-state index in [-0.39, 0.29) is 34.4 Å². The Hall–Kier alpha value is -2.54. The molecule has 0 aromatic carbocycles. The standard InChI is InChI=1S/C46H70O16/c1-39(2)25-10-13-45(8)32(24(47)18-22-23-19-41(4,37(57)58)15-14-40(23,3)16-17-44(22,45)7)42(25,5)12-11-26(39)60-38-43(6,33(51)29(50)30(61-38)35(53)54)20-59-21-46(9)34(52)28(49)27(48)31(62-46)36(55)56/h18,23,25-34,38,48-52H,10-17,19-21H2,1-9H3,(H,53,54)(H,55,56)(H,57,58)/t23-,25-,26-,27?,28?,29?,30?,31?,32+,33?,34?,38?,40+,41-,42-,43?,44+,45+,46?/m0/s1. The summed E-state index contributed by atoms with van der Waals surface area (Å²) in [7, 11) is 0. The van der Waals surface area contributed by atoms with Gasteiger partial charge in [-0.25, -0.2) is 9.59 Å². The maximum atomic E-state index is 14.9. The first-order valence-electron chi connectivity index (χ1n) is 22.4. The van der Waals surface area contributed by atoms with Crippen molar-refractivity contribution in [3.05, 3.63) is 11.6 Å². The third-order valence-electron chi connectivity index (χ3n) is 18.7. The maximum absolute atomic E-state index is 14.9. The number of aliphatic hydroxyl groups is 5. The quantitative estimate of drug-likeness (QED) is 0.154. The molecule has 0 aromatic rings. The molecular weight excluding hydrogens is 808 g/mol. The van der Waals surface area contributed by atoms with Gasteiger partial charge in [0, 0.05) is 5.92 Å². The number of ether oxygens (including phenoxy) is 4. The fourth-order valence-corrected chi connectivity index (χ4v) is 14.3. The Balaban J connectivity index is 1.15. The van der Waals surface area contributed by atoms with Crippen LogP contribution in [0.25, 0.3) is 0 Å². The first-order chi connectivity index (χ1) is 28.5. The van der Waals surface area contributed by atoms with Gasteiger partial charge in [-0.15, -0.1) is 0 Å². The molecule has 10 unspecified atom stereocenters. The van der Waals surface area contributed by atoms with E-state index in [0.717, 1.165) is 37.7 Å². The Morgan fingerprint density at radius 1 is 0.742 bits per heavy atom. The van der Waals surface area contributed by atoms with Gasteiger partial charge in [0.25, 0.3) is 0 Å². The summed E-state index contributed by atoms with van der Waals surface area (Å²) in [4.78, 5) is 51.6. The lowest BCUT2D eigenvalue weighted by Crippen LogP contribution is -2.68. The zero-order chi connectivity index (χ0) is 46.1. The van der Waals surface area contributed by atoms with Gasteiger partial charge in [0.1, 0.15) is 30.0 Å². The average molecular weight is 879 g/mol. The van der Waals surface area contributed by atoms with E-state index >= 15 is 0 Å². The minimum absolute atomic E-state index is 0.00881. The van der Waals surface area contributed by atoms with Crippen molar-refractivity contribution in [3.8, 4) is 0 Å². The lowest BCUT2D eigenvalue weighted by Gasteiger charge is -2.70. The van der Waals surface area contributed by atoms with Gasteiger partial charge >= 0.3 is 17.9 Å². The summed E-state index contributed by atoms with van der Waals surface area (Å²) in [6.45, 7) is 16.9. The molecule has 19 atom stereocenters. The molecule has 2 saturated heterocycles. The second kappa shape index (κ2) is 15.3. The van der Waals surface area contributed by atoms with Crippen LogP contribution in [0.2, 0.25) is 0 Å². The molecule has 0 amide bonds. The molecule has 8 N–H and O–H groups in total. The van der Waals surface area contributed by atoms with Crippen molar-refractivity contribution in [2.45, 2.75) is 181 Å². The molecule has 7 aliphatic rings. The second-order valence-electron chi connectivity index (χ2n) is 22.8. The van der Waals surface area contributed by atoms with Gasteiger partial charge < -0.3 is 59.8 Å². The van der Waals surface area contributed by atoms with Gasteiger partial charge in [-0.3, -0.25) is 9.59 Å². The highest BCUT2D eigenvalue weighted by Crippen LogP contribution is 2.75. The summed E-state index contributed by atoms with van der Waals surface area (Å²) in [5.74, 6) is -4.16. The molecule has 16 heteroatoms. The molecule has 2 aliphatic heterocycles. The van der Waals surface area contributed by atoms with Crippen molar-refractivity contribution in [2.24, 2.45) is 55.7 Å². The van der Waals surface area contributed by atoms with Gasteiger partial charge in [0.2, 0.25) is 0 Å². The van der Waals surface area contributed by atoms with Crippen molar-refractivity contribution in [1.29, 1.82) is 0 Å². The molecule has 2 heterocycles. The fraction of sp³-hybridized carbons (Fsp3) is 0.870. The summed E-state index contributed by atoms with van der Waals surface area (Å²) in [6.07, 6.45) is -6.77. The highest BCUT2D eigenvalue weighted by Gasteiger charge is 2.71. The molecule has 350 valence electrons. The normalized spacial score (nSPS) is 52.4. The molecule has 4 saturated carbocycles. The summed E-state index contributed by atoms with van der Waals surface area (Å²) in [5, 5.41) is 84.1. The van der Waals surface area contributed by atoms with Gasteiger partial charge in [0.05, 0.1) is 36.3 Å². The molecule has 16 nitrogen and oxygen atoms in total. The number of carboxylic acid groups (broad SMARTS) is 3. The van der Waals surface area contributed by atoms with Crippen LogP contribution >= 0.6 is 0 Å². The van der Waals surface area contributed by atoms with Gasteiger partial charge in [-0.05, 0) is 124 Å². The van der Waals surface area contributed by atoms with Gasteiger partial charge in [0.15, 0.2) is 24.3 Å². The molecule has 0 radical (unpaired) electrons. The van der Waals surface area contributed by atoms with Crippen LogP contribution in [0.5, 0.6) is 0 Å². The molecule has 5 aliphatic carbocycles. The minimum atomic E-state index is -1.92. The third-order valence-corrected chi connectivity index (χ3v) is 18.7. The first-order valence-corrected chi connectivity index (χ1v) is 22.4.